The predicted octanol–water partition coefficient (Wildman–Crippen LogP) is 3.57. The second-order valence-electron chi connectivity index (χ2n) is 6.87. The standard InChI is InChI=1S/C18H24F2N2O.ClH/c19-18(20)7-4-16(5-8-18)22-17(23)15-3-1-2-13(11-15)10-14-6-9-21-12-14;/h1-3,11,14,16,21H,4-10,12H2,(H,22,23);1H. The van der Waals surface area contributed by atoms with Crippen LogP contribution in [0.3, 0.4) is 0 Å². The van der Waals surface area contributed by atoms with Gasteiger partial charge in [0.1, 0.15) is 0 Å². The van der Waals surface area contributed by atoms with Crippen molar-refractivity contribution in [3.05, 3.63) is 35.4 Å². The lowest BCUT2D eigenvalue weighted by atomic mass is 9.92. The Kier molecular flexibility index (Phi) is 6.58. The van der Waals surface area contributed by atoms with Crippen LogP contribution in [0.4, 0.5) is 8.78 Å². The van der Waals surface area contributed by atoms with Crippen LogP contribution in [-0.2, 0) is 6.42 Å². The first-order valence-corrected chi connectivity index (χ1v) is 8.50. The summed E-state index contributed by atoms with van der Waals surface area (Å²) < 4.78 is 26.3. The molecule has 2 aliphatic rings. The van der Waals surface area contributed by atoms with E-state index in [2.05, 4.69) is 16.7 Å². The van der Waals surface area contributed by atoms with Crippen LogP contribution >= 0.6 is 12.4 Å². The Morgan fingerprint density at radius 2 is 2.00 bits per heavy atom. The van der Waals surface area contributed by atoms with Gasteiger partial charge in [-0.25, -0.2) is 8.78 Å². The average molecular weight is 359 g/mol. The van der Waals surface area contributed by atoms with Gasteiger partial charge in [-0.15, -0.1) is 12.4 Å². The van der Waals surface area contributed by atoms with Crippen molar-refractivity contribution in [3.63, 3.8) is 0 Å². The molecule has 134 valence electrons. The van der Waals surface area contributed by atoms with Crippen LogP contribution in [0.2, 0.25) is 0 Å². The van der Waals surface area contributed by atoms with Gasteiger partial charge >= 0.3 is 0 Å². The molecule has 1 unspecified atom stereocenters. The second kappa shape index (κ2) is 8.26. The van der Waals surface area contributed by atoms with Crippen molar-refractivity contribution in [2.24, 2.45) is 5.92 Å². The Bertz CT molecular complexity index is 552. The van der Waals surface area contributed by atoms with Gasteiger partial charge in [-0.05, 0) is 62.4 Å². The van der Waals surface area contributed by atoms with Gasteiger partial charge in [-0.3, -0.25) is 4.79 Å². The second-order valence-corrected chi connectivity index (χ2v) is 6.87. The Morgan fingerprint density at radius 1 is 1.25 bits per heavy atom. The summed E-state index contributed by atoms with van der Waals surface area (Å²) in [6.07, 6.45) is 2.59. The first kappa shape index (κ1) is 19.1. The number of amides is 1. The van der Waals surface area contributed by atoms with Crippen LogP contribution in [-0.4, -0.2) is 31.0 Å². The molecular formula is C18H25ClF2N2O. The maximum atomic E-state index is 13.2. The molecule has 0 bridgehead atoms. The highest BCUT2D eigenvalue weighted by Gasteiger charge is 2.35. The fraction of sp³-hybridized carbons (Fsp3) is 0.611. The van der Waals surface area contributed by atoms with Gasteiger partial charge in [0.25, 0.3) is 5.91 Å². The number of alkyl halides is 2. The molecule has 0 spiro atoms. The van der Waals surface area contributed by atoms with Crippen LogP contribution in [0.1, 0.15) is 48.0 Å². The van der Waals surface area contributed by atoms with Crippen molar-refractivity contribution in [1.82, 2.24) is 10.6 Å². The zero-order valence-electron chi connectivity index (χ0n) is 13.7. The number of hydrogen-bond donors (Lipinski definition) is 2. The number of halogens is 3. The van der Waals surface area contributed by atoms with Crippen molar-refractivity contribution in [2.45, 2.75) is 50.5 Å². The molecule has 24 heavy (non-hydrogen) atoms. The van der Waals surface area contributed by atoms with Crippen LogP contribution in [0.15, 0.2) is 24.3 Å². The molecule has 1 atom stereocenters. The quantitative estimate of drug-likeness (QED) is 0.864. The first-order valence-electron chi connectivity index (χ1n) is 8.50. The summed E-state index contributed by atoms with van der Waals surface area (Å²) in [6.45, 7) is 2.10. The minimum Gasteiger partial charge on any atom is -0.349 e. The smallest absolute Gasteiger partial charge is 0.251 e. The highest BCUT2D eigenvalue weighted by molar-refractivity contribution is 5.94. The van der Waals surface area contributed by atoms with E-state index >= 15 is 0 Å². The molecule has 3 rings (SSSR count). The summed E-state index contributed by atoms with van der Waals surface area (Å²) in [5.74, 6) is -2.07. The Labute approximate surface area is 148 Å². The number of nitrogens with one attached hydrogen (secondary N) is 2. The van der Waals surface area contributed by atoms with Crippen LogP contribution < -0.4 is 10.6 Å². The number of hydrogen-bond acceptors (Lipinski definition) is 2. The fourth-order valence-electron chi connectivity index (χ4n) is 3.51. The molecule has 2 fully saturated rings. The highest BCUT2D eigenvalue weighted by atomic mass is 35.5. The maximum absolute atomic E-state index is 13.2. The molecule has 0 aromatic heterocycles. The fourth-order valence-corrected chi connectivity index (χ4v) is 3.51. The van der Waals surface area contributed by atoms with Crippen LogP contribution in [0, 0.1) is 5.92 Å². The Hall–Kier alpha value is -1.20. The monoisotopic (exact) mass is 358 g/mol. The van der Waals surface area contributed by atoms with Gasteiger partial charge < -0.3 is 10.6 Å². The lowest BCUT2D eigenvalue weighted by Crippen LogP contribution is -2.40. The molecule has 1 aliphatic carbocycles. The van der Waals surface area contributed by atoms with E-state index in [1.807, 2.05) is 12.1 Å². The van der Waals surface area contributed by atoms with Gasteiger partial charge in [0.2, 0.25) is 5.92 Å². The average Bonchev–Trinajstić information content (AvgIpc) is 3.02. The number of benzene rings is 1. The third-order valence-corrected chi connectivity index (χ3v) is 4.93. The molecule has 0 radical (unpaired) electrons. The first-order chi connectivity index (χ1) is 11.0. The van der Waals surface area contributed by atoms with E-state index in [0.717, 1.165) is 19.5 Å². The summed E-state index contributed by atoms with van der Waals surface area (Å²) >= 11 is 0. The summed E-state index contributed by atoms with van der Waals surface area (Å²) in [4.78, 5) is 12.4. The predicted molar refractivity (Wildman–Crippen MR) is 93.0 cm³/mol. The van der Waals surface area contributed by atoms with E-state index in [9.17, 15) is 13.6 Å². The molecule has 1 aromatic rings. The van der Waals surface area contributed by atoms with Crippen LogP contribution in [0.25, 0.3) is 0 Å². The molecule has 1 heterocycles. The molecule has 3 nitrogen and oxygen atoms in total. The molecule has 1 amide bonds. The van der Waals surface area contributed by atoms with Gasteiger partial charge in [0.15, 0.2) is 0 Å². The number of rotatable bonds is 4. The maximum Gasteiger partial charge on any atom is 0.251 e. The summed E-state index contributed by atoms with van der Waals surface area (Å²) in [6, 6.07) is 7.55. The van der Waals surface area contributed by atoms with Crippen molar-refractivity contribution in [1.29, 1.82) is 0 Å². The minimum atomic E-state index is -2.56. The van der Waals surface area contributed by atoms with Crippen molar-refractivity contribution in [2.75, 3.05) is 13.1 Å². The summed E-state index contributed by atoms with van der Waals surface area (Å²) in [5, 5.41) is 6.26. The Balaban J connectivity index is 0.00000208. The molecule has 1 saturated heterocycles. The van der Waals surface area contributed by atoms with E-state index in [-0.39, 0.29) is 37.2 Å². The van der Waals surface area contributed by atoms with E-state index in [1.54, 1.807) is 6.07 Å². The lowest BCUT2D eigenvalue weighted by Gasteiger charge is -2.28. The SMILES string of the molecule is Cl.O=C(NC1CCC(F)(F)CC1)c1cccc(CC2CCNC2)c1. The minimum absolute atomic E-state index is 0. The molecule has 1 aliphatic heterocycles. The number of carbonyl (C=O) groups excluding carboxylic acids is 1. The molecule has 1 aromatic carbocycles. The zero-order chi connectivity index (χ0) is 16.3. The number of carbonyl (C=O) groups is 1. The third-order valence-electron chi connectivity index (χ3n) is 4.93. The lowest BCUT2D eigenvalue weighted by molar-refractivity contribution is -0.0399. The van der Waals surface area contributed by atoms with Gasteiger partial charge in [0, 0.05) is 24.4 Å². The highest BCUT2D eigenvalue weighted by Crippen LogP contribution is 2.33. The normalized spacial score (nSPS) is 23.5. The van der Waals surface area contributed by atoms with E-state index < -0.39 is 5.92 Å². The summed E-state index contributed by atoms with van der Waals surface area (Å²) in [5.41, 5.74) is 1.80. The van der Waals surface area contributed by atoms with Crippen molar-refractivity contribution in [3.8, 4) is 0 Å². The molecular weight excluding hydrogens is 334 g/mol. The zero-order valence-corrected chi connectivity index (χ0v) is 14.5. The van der Waals surface area contributed by atoms with Gasteiger partial charge in [-0.2, -0.15) is 0 Å². The molecule has 6 heteroatoms. The van der Waals surface area contributed by atoms with E-state index in [1.165, 1.54) is 12.0 Å². The summed E-state index contributed by atoms with van der Waals surface area (Å²) in [7, 11) is 0. The van der Waals surface area contributed by atoms with Gasteiger partial charge in [0.05, 0.1) is 0 Å². The van der Waals surface area contributed by atoms with Gasteiger partial charge in [-0.1, -0.05) is 12.1 Å². The van der Waals surface area contributed by atoms with Crippen LogP contribution in [0.5, 0.6) is 0 Å². The molecule has 2 N–H and O–H groups in total. The largest absolute Gasteiger partial charge is 0.349 e. The van der Waals surface area contributed by atoms with Crippen molar-refractivity contribution < 1.29 is 13.6 Å². The van der Waals surface area contributed by atoms with E-state index in [4.69, 9.17) is 0 Å². The van der Waals surface area contributed by atoms with E-state index in [0.29, 0.717) is 24.3 Å². The third kappa shape index (κ3) is 5.15. The molecule has 1 saturated carbocycles. The Morgan fingerprint density at radius 3 is 2.67 bits per heavy atom. The topological polar surface area (TPSA) is 41.1 Å². The van der Waals surface area contributed by atoms with Crippen molar-refractivity contribution >= 4 is 18.3 Å².